The van der Waals surface area contributed by atoms with E-state index in [9.17, 15) is 4.79 Å². The fourth-order valence-electron chi connectivity index (χ4n) is 2.89. The predicted molar refractivity (Wildman–Crippen MR) is 106 cm³/mol. The van der Waals surface area contributed by atoms with Crippen LogP contribution in [-0.4, -0.2) is 46.5 Å². The molecule has 0 aliphatic carbocycles. The van der Waals surface area contributed by atoms with Crippen molar-refractivity contribution in [3.05, 3.63) is 52.6 Å². The van der Waals surface area contributed by atoms with E-state index in [1.54, 1.807) is 11.1 Å². The number of carbonyl (C=O) groups excluding carboxylic acids is 1. The summed E-state index contributed by atoms with van der Waals surface area (Å²) in [5.74, 6) is 1.32. The van der Waals surface area contributed by atoms with Gasteiger partial charge in [0.25, 0.3) is 5.91 Å². The van der Waals surface area contributed by atoms with Crippen molar-refractivity contribution < 1.29 is 13.9 Å². The number of benzene rings is 1. The Labute approximate surface area is 161 Å². The summed E-state index contributed by atoms with van der Waals surface area (Å²) in [6.07, 6.45) is 1.76. The molecule has 0 saturated carbocycles. The Hall–Kier alpha value is -1.93. The lowest BCUT2D eigenvalue weighted by Crippen LogP contribution is -2.50. The normalized spacial score (nSPS) is 20.3. The quantitative estimate of drug-likeness (QED) is 0.592. The molecule has 3 heterocycles. The van der Waals surface area contributed by atoms with Crippen LogP contribution >= 0.6 is 24.0 Å². The van der Waals surface area contributed by atoms with Crippen LogP contribution in [0.15, 0.2) is 45.7 Å². The Balaban J connectivity index is 1.54. The van der Waals surface area contributed by atoms with Gasteiger partial charge in [0.2, 0.25) is 0 Å². The molecule has 2 aliphatic rings. The van der Waals surface area contributed by atoms with Crippen LogP contribution in [0.2, 0.25) is 0 Å². The lowest BCUT2D eigenvalue weighted by molar-refractivity contribution is -0.138. The van der Waals surface area contributed by atoms with E-state index in [2.05, 4.69) is 0 Å². The van der Waals surface area contributed by atoms with Gasteiger partial charge >= 0.3 is 0 Å². The summed E-state index contributed by atoms with van der Waals surface area (Å²) in [5.41, 5.74) is 2.21. The van der Waals surface area contributed by atoms with E-state index in [1.807, 2.05) is 48.3 Å². The van der Waals surface area contributed by atoms with Crippen LogP contribution in [0.1, 0.15) is 11.3 Å². The number of thioether (sulfide) groups is 1. The van der Waals surface area contributed by atoms with Crippen LogP contribution < -0.4 is 0 Å². The average molecular weight is 386 g/mol. The Morgan fingerprint density at radius 1 is 1.12 bits per heavy atom. The summed E-state index contributed by atoms with van der Waals surface area (Å²) in [4.78, 5) is 13.3. The van der Waals surface area contributed by atoms with E-state index >= 15 is 0 Å². The third-order valence-corrected chi connectivity index (χ3v) is 5.56. The van der Waals surface area contributed by atoms with Crippen molar-refractivity contribution in [2.75, 3.05) is 26.3 Å². The number of hydrazine groups is 1. The Bertz CT molecular complexity index is 867. The number of carbonyl (C=O) groups is 1. The van der Waals surface area contributed by atoms with Crippen molar-refractivity contribution in [2.45, 2.75) is 6.92 Å². The van der Waals surface area contributed by atoms with Crippen LogP contribution in [0.4, 0.5) is 0 Å². The second-order valence-corrected chi connectivity index (χ2v) is 7.80. The Morgan fingerprint density at radius 3 is 2.58 bits per heavy atom. The van der Waals surface area contributed by atoms with Gasteiger partial charge in [0.15, 0.2) is 4.32 Å². The van der Waals surface area contributed by atoms with E-state index in [4.69, 9.17) is 21.4 Å². The van der Waals surface area contributed by atoms with Gasteiger partial charge in [-0.05, 0) is 19.1 Å². The standard InChI is InChI=1S/C19H18N2O3S2/c1-13-2-4-14(5-3-13)16-7-6-15(24-16)12-17-18(22)21(19(25)26-17)20-8-10-23-11-9-20/h2-7,12H,8-11H2,1H3. The first kappa shape index (κ1) is 17.5. The molecule has 4 rings (SSSR count). The van der Waals surface area contributed by atoms with Gasteiger partial charge in [0, 0.05) is 24.7 Å². The summed E-state index contributed by atoms with van der Waals surface area (Å²) in [5, 5.41) is 3.53. The SMILES string of the molecule is Cc1ccc(-c2ccc(C=C3SC(=S)N(N4CCOCC4)C3=O)o2)cc1. The molecular formula is C19H18N2O3S2. The summed E-state index contributed by atoms with van der Waals surface area (Å²) < 4.78 is 11.8. The van der Waals surface area contributed by atoms with Gasteiger partial charge in [-0.2, -0.15) is 0 Å². The molecule has 2 aliphatic heterocycles. The molecule has 2 aromatic rings. The zero-order chi connectivity index (χ0) is 18.1. The average Bonchev–Trinajstić information content (AvgIpc) is 3.21. The Morgan fingerprint density at radius 2 is 1.85 bits per heavy atom. The first-order valence-corrected chi connectivity index (χ1v) is 9.62. The number of hydrogen-bond acceptors (Lipinski definition) is 6. The molecule has 1 aromatic heterocycles. The summed E-state index contributed by atoms with van der Waals surface area (Å²) in [7, 11) is 0. The van der Waals surface area contributed by atoms with Gasteiger partial charge in [-0.3, -0.25) is 4.79 Å². The minimum absolute atomic E-state index is 0.102. The molecule has 0 radical (unpaired) electrons. The van der Waals surface area contributed by atoms with E-state index in [0.29, 0.717) is 41.3 Å². The molecule has 134 valence electrons. The zero-order valence-corrected chi connectivity index (χ0v) is 15.9. The van der Waals surface area contributed by atoms with Gasteiger partial charge in [-0.1, -0.05) is 53.8 Å². The fourth-order valence-corrected chi connectivity index (χ4v) is 4.18. The highest BCUT2D eigenvalue weighted by Crippen LogP contribution is 2.34. The molecule has 0 unspecified atom stereocenters. The zero-order valence-electron chi connectivity index (χ0n) is 14.3. The van der Waals surface area contributed by atoms with E-state index < -0.39 is 0 Å². The largest absolute Gasteiger partial charge is 0.457 e. The molecule has 1 aromatic carbocycles. The number of nitrogens with zero attached hydrogens (tertiary/aromatic N) is 2. The van der Waals surface area contributed by atoms with Gasteiger partial charge < -0.3 is 9.15 Å². The highest BCUT2D eigenvalue weighted by atomic mass is 32.2. The first-order valence-electron chi connectivity index (χ1n) is 8.39. The highest BCUT2D eigenvalue weighted by molar-refractivity contribution is 8.26. The number of amides is 1. The lowest BCUT2D eigenvalue weighted by atomic mass is 10.1. The van der Waals surface area contributed by atoms with Crippen LogP contribution in [0.25, 0.3) is 17.4 Å². The smallest absolute Gasteiger partial charge is 0.281 e. The third-order valence-electron chi connectivity index (χ3n) is 4.28. The van der Waals surface area contributed by atoms with Crippen molar-refractivity contribution in [1.29, 1.82) is 0 Å². The topological polar surface area (TPSA) is 45.9 Å². The van der Waals surface area contributed by atoms with Crippen LogP contribution in [0.5, 0.6) is 0 Å². The van der Waals surface area contributed by atoms with Crippen LogP contribution in [-0.2, 0) is 9.53 Å². The highest BCUT2D eigenvalue weighted by Gasteiger charge is 2.37. The molecule has 0 bridgehead atoms. The predicted octanol–water partition coefficient (Wildman–Crippen LogP) is 3.70. The molecule has 0 spiro atoms. The summed E-state index contributed by atoms with van der Waals surface area (Å²) >= 11 is 6.70. The number of furan rings is 1. The van der Waals surface area contributed by atoms with E-state index in [1.165, 1.54) is 17.3 Å². The molecule has 2 fully saturated rings. The third kappa shape index (κ3) is 3.48. The number of rotatable bonds is 3. The molecule has 5 nitrogen and oxygen atoms in total. The molecule has 2 saturated heterocycles. The number of thiocarbonyl (C=S) groups is 1. The van der Waals surface area contributed by atoms with Gasteiger partial charge in [-0.25, -0.2) is 10.0 Å². The molecule has 26 heavy (non-hydrogen) atoms. The number of aryl methyl sites for hydroxylation is 1. The second-order valence-electron chi connectivity index (χ2n) is 6.13. The lowest BCUT2D eigenvalue weighted by Gasteiger charge is -2.33. The number of morpholine rings is 1. The van der Waals surface area contributed by atoms with Crippen LogP contribution in [0.3, 0.4) is 0 Å². The minimum Gasteiger partial charge on any atom is -0.457 e. The van der Waals surface area contributed by atoms with Crippen molar-refractivity contribution in [1.82, 2.24) is 10.0 Å². The second kappa shape index (κ2) is 7.36. The first-order chi connectivity index (χ1) is 12.6. The van der Waals surface area contributed by atoms with Crippen molar-refractivity contribution in [3.8, 4) is 11.3 Å². The van der Waals surface area contributed by atoms with E-state index in [0.717, 1.165) is 11.3 Å². The van der Waals surface area contributed by atoms with E-state index in [-0.39, 0.29) is 5.91 Å². The van der Waals surface area contributed by atoms with Crippen molar-refractivity contribution in [2.24, 2.45) is 0 Å². The maximum Gasteiger partial charge on any atom is 0.281 e. The number of ether oxygens (including phenoxy) is 1. The fraction of sp³-hybridized carbons (Fsp3) is 0.263. The monoisotopic (exact) mass is 386 g/mol. The molecule has 1 amide bonds. The minimum atomic E-state index is -0.102. The number of hydrogen-bond donors (Lipinski definition) is 0. The van der Waals surface area contributed by atoms with Gasteiger partial charge in [0.1, 0.15) is 11.5 Å². The maximum absolute atomic E-state index is 12.8. The van der Waals surface area contributed by atoms with Crippen LogP contribution in [0, 0.1) is 6.92 Å². The summed E-state index contributed by atoms with van der Waals surface area (Å²) in [6.45, 7) is 4.59. The molecule has 0 N–H and O–H groups in total. The summed E-state index contributed by atoms with van der Waals surface area (Å²) in [6, 6.07) is 11.9. The molecule has 0 atom stereocenters. The van der Waals surface area contributed by atoms with Crippen molar-refractivity contribution >= 4 is 40.3 Å². The van der Waals surface area contributed by atoms with Gasteiger partial charge in [-0.15, -0.1) is 0 Å². The molecular weight excluding hydrogens is 368 g/mol. The molecule has 7 heteroatoms. The van der Waals surface area contributed by atoms with Crippen molar-refractivity contribution in [3.63, 3.8) is 0 Å². The Kier molecular flexibility index (Phi) is 4.95. The maximum atomic E-state index is 12.8. The van der Waals surface area contributed by atoms with Gasteiger partial charge in [0.05, 0.1) is 18.1 Å².